The van der Waals surface area contributed by atoms with Crippen LogP contribution in [0.1, 0.15) is 44.5 Å². The molecule has 0 aromatic heterocycles. The van der Waals surface area contributed by atoms with Gasteiger partial charge in [0.1, 0.15) is 0 Å². The summed E-state index contributed by atoms with van der Waals surface area (Å²) < 4.78 is 0. The van der Waals surface area contributed by atoms with Gasteiger partial charge in [-0.15, -0.1) is 0 Å². The van der Waals surface area contributed by atoms with Crippen LogP contribution in [0.5, 0.6) is 0 Å². The minimum absolute atomic E-state index is 0.113. The highest BCUT2D eigenvalue weighted by Crippen LogP contribution is 2.88. The number of rotatable bonds is 0. The lowest BCUT2D eigenvalue weighted by Gasteiger charge is -2.49. The molecular weight excluding hydrogens is 821 g/mol. The maximum atomic E-state index is 2.89. The third kappa shape index (κ3) is 1.23. The van der Waals surface area contributed by atoms with Gasteiger partial charge in [-0.25, -0.2) is 0 Å². The Morgan fingerprint density at radius 1 is 0.162 bits per heavy atom. The molecule has 2 nitrogen and oxygen atoms in total. The molecule has 24 aromatic carbocycles. The molecule has 2 heterocycles. The van der Waals surface area contributed by atoms with Crippen LogP contribution in [0.3, 0.4) is 0 Å². The second-order valence-electron chi connectivity index (χ2n) is 27.0. The van der Waals surface area contributed by atoms with Crippen LogP contribution in [0.4, 0.5) is 0 Å². The first-order valence-electron chi connectivity index (χ1n) is 26.1. The van der Waals surface area contributed by atoms with Gasteiger partial charge in [0.25, 0.3) is 0 Å². The summed E-state index contributed by atoms with van der Waals surface area (Å²) in [6.45, 7) is 4.52. The predicted octanol–water partition coefficient (Wildman–Crippen LogP) is 14.7. The lowest BCUT2D eigenvalue weighted by molar-refractivity contribution is 0.394. The van der Waals surface area contributed by atoms with Gasteiger partial charge in [0.15, 0.2) is 0 Å². The van der Waals surface area contributed by atoms with E-state index in [-0.39, 0.29) is 21.7 Å². The molecule has 24 aromatic rings. The van der Waals surface area contributed by atoms with Crippen molar-refractivity contribution in [2.45, 2.75) is 21.7 Å². The third-order valence-corrected chi connectivity index (χ3v) is 26.9. The highest BCUT2D eigenvalue weighted by Gasteiger charge is 2.76. The summed E-state index contributed by atoms with van der Waals surface area (Å²) in [5.74, 6) is 0. The monoisotopic (exact) mass is 834 g/mol. The van der Waals surface area contributed by atoms with Crippen molar-refractivity contribution in [3.63, 3.8) is 0 Å². The van der Waals surface area contributed by atoms with Crippen molar-refractivity contribution in [2.24, 2.45) is 0 Å². The van der Waals surface area contributed by atoms with E-state index in [2.05, 4.69) is 23.9 Å². The van der Waals surface area contributed by atoms with Crippen molar-refractivity contribution in [1.82, 2.24) is 9.80 Å². The van der Waals surface area contributed by atoms with Crippen LogP contribution in [-0.4, -0.2) is 50.1 Å². The van der Waals surface area contributed by atoms with Crippen LogP contribution < -0.4 is 0 Å². The van der Waals surface area contributed by atoms with Gasteiger partial charge in [0.05, 0.1) is 21.7 Å². The molecule has 34 rings (SSSR count). The number of likely N-dealkylation sites (N-methyl/N-ethyl adjacent to an activating group) is 2. The van der Waals surface area contributed by atoms with E-state index in [1.165, 1.54) is 0 Å². The summed E-state index contributed by atoms with van der Waals surface area (Å²) in [7, 11) is 5.10. The zero-order valence-electron chi connectivity index (χ0n) is 35.7. The van der Waals surface area contributed by atoms with Crippen molar-refractivity contribution in [3.8, 4) is 0 Å². The zero-order chi connectivity index (χ0) is 40.3. The van der Waals surface area contributed by atoms with Crippen LogP contribution in [-0.2, 0) is 21.7 Å². The molecule has 8 aliphatic carbocycles. The molecule has 2 saturated heterocycles. The van der Waals surface area contributed by atoms with Crippen LogP contribution in [0.2, 0.25) is 0 Å². The van der Waals surface area contributed by atoms with Crippen LogP contribution in [0.25, 0.3) is 259 Å². The minimum Gasteiger partial charge on any atom is -0.304 e. The molecule has 0 amide bonds. The van der Waals surface area contributed by atoms with Gasteiger partial charge in [-0.05, 0) is 317 Å². The van der Waals surface area contributed by atoms with Gasteiger partial charge in [0.2, 0.25) is 0 Å². The number of nitrogens with zero attached hydrogens (tertiary/aromatic N) is 2. The average molecular weight is 835 g/mol. The Morgan fingerprint density at radius 3 is 0.382 bits per heavy atom. The highest BCUT2D eigenvalue weighted by molar-refractivity contribution is 6.78. The van der Waals surface area contributed by atoms with E-state index in [1.807, 2.05) is 44.5 Å². The average Bonchev–Trinajstić information content (AvgIpc) is 4.19. The van der Waals surface area contributed by atoms with Gasteiger partial charge in [-0.2, -0.15) is 0 Å². The van der Waals surface area contributed by atoms with E-state index in [0.717, 1.165) is 26.2 Å². The molecule has 10 aliphatic rings. The summed E-state index contributed by atoms with van der Waals surface area (Å²) >= 11 is 0. The largest absolute Gasteiger partial charge is 0.304 e. The van der Waals surface area contributed by atoms with E-state index in [4.69, 9.17) is 0 Å². The van der Waals surface area contributed by atoms with Crippen LogP contribution in [0.15, 0.2) is 0 Å². The summed E-state index contributed by atoms with van der Waals surface area (Å²) in [5.41, 5.74) is 14.2. The molecule has 0 N–H and O–H groups in total. The number of benzene rings is 16. The van der Waals surface area contributed by atoms with Crippen molar-refractivity contribution in [3.05, 3.63) is 44.5 Å². The number of hydrogen-bond donors (Lipinski definition) is 0. The smallest absolute Gasteiger partial charge is 0.0505 e. The first-order chi connectivity index (χ1) is 33.7. The molecule has 2 fully saturated rings. The Morgan fingerprint density at radius 2 is 0.250 bits per heavy atom. The summed E-state index contributed by atoms with van der Waals surface area (Å²) in [6.07, 6.45) is 0. The minimum atomic E-state index is -0.114. The molecule has 0 bridgehead atoms. The zero-order valence-corrected chi connectivity index (χ0v) is 35.7. The summed E-state index contributed by atoms with van der Waals surface area (Å²) in [4.78, 5) is 5.78. The quantitative estimate of drug-likeness (QED) is 0.140. The van der Waals surface area contributed by atoms with Gasteiger partial charge >= 0.3 is 0 Å². The molecule has 2 heteroatoms. The SMILES string of the molecule is CN1CC23c4c5c6c7c8c9c%10c%11c%12c%13c%14c%15c(c6c6c4c4c%16c%17c%18c(c%19c%20c2c5c8c2c%20c5c%19c8c%18c%18c%19c%17c%17c4c6c%15c4c%14c6c%12c%12c%14c%11c(c92)c5c%14c8c%18c%12c6c%19c4%17)C%163C1)C71CN(C)CC%10%131. The van der Waals surface area contributed by atoms with Gasteiger partial charge in [-0.1, -0.05) is 0 Å². The molecule has 2 aliphatic heterocycles. The van der Waals surface area contributed by atoms with E-state index in [9.17, 15) is 0 Å². The second-order valence-corrected chi connectivity index (χ2v) is 27.0. The van der Waals surface area contributed by atoms with E-state index < -0.39 is 0 Å². The van der Waals surface area contributed by atoms with Gasteiger partial charge < -0.3 is 9.80 Å². The molecule has 4 atom stereocenters. The van der Waals surface area contributed by atoms with Crippen LogP contribution >= 0.6 is 0 Å². The van der Waals surface area contributed by atoms with Crippen molar-refractivity contribution in [1.29, 1.82) is 0 Å². The van der Waals surface area contributed by atoms with Gasteiger partial charge in [0, 0.05) is 26.2 Å². The molecule has 4 spiro atoms. The Labute approximate surface area is 372 Å². The molecule has 288 valence electrons. The van der Waals surface area contributed by atoms with Crippen LogP contribution in [0, 0.1) is 0 Å². The Bertz CT molecular complexity index is 6740. The maximum Gasteiger partial charge on any atom is 0.0505 e. The van der Waals surface area contributed by atoms with Crippen molar-refractivity contribution >= 4 is 259 Å². The van der Waals surface area contributed by atoms with Crippen molar-refractivity contribution < 1.29 is 0 Å². The van der Waals surface area contributed by atoms with E-state index in [0.29, 0.717) is 0 Å². The topological polar surface area (TPSA) is 6.48 Å². The fourth-order valence-corrected chi connectivity index (χ4v) is 27.5. The summed E-state index contributed by atoms with van der Waals surface area (Å²) in [5, 5.41) is 82.8. The van der Waals surface area contributed by atoms with E-state index in [1.54, 1.807) is 259 Å². The number of hydrogen-bond acceptors (Lipinski definition) is 2. The summed E-state index contributed by atoms with van der Waals surface area (Å²) in [6, 6.07) is 0. The van der Waals surface area contributed by atoms with Crippen molar-refractivity contribution in [2.75, 3.05) is 40.3 Å². The first kappa shape index (κ1) is 25.1. The van der Waals surface area contributed by atoms with E-state index >= 15 is 0 Å². The maximum absolute atomic E-state index is 2.89. The standard InChI is InChI=1S/C66H14N2/c1-67-3-63-55-39-27-15-7-8-12-9-13-21-29(17(9)15)41(39)57(63)47-35(21)26-34-24(13)32-20(12)28-16(8)18-10-11(7)19(27)31-23-14(10)22-30(18)42-40(28)56-44(32)46(34)60-52-37(26)49(47)61-53-51-38-25(33(23)45(43(31)55)59(51)65(61,63)5-67)36(22)48-50(38)62(54(52)53)66(60)6-68(2)4-64(56,66)58(42)48/h3-6H2,1-2H3. The Hall–Kier alpha value is -7.36. The Balaban J connectivity index is 1.23. The third-order valence-electron chi connectivity index (χ3n) is 26.9. The Kier molecular flexibility index (Phi) is 2.00. The first-order valence-corrected chi connectivity index (χ1v) is 26.1. The second kappa shape index (κ2) is 5.41. The fraction of sp³-hybridized carbons (Fsp3) is 0.152. The molecular formula is C66H14N2. The molecule has 4 unspecified atom stereocenters. The fourth-order valence-electron chi connectivity index (χ4n) is 27.5. The lowest BCUT2D eigenvalue weighted by atomic mass is 9.50. The lowest BCUT2D eigenvalue weighted by Crippen LogP contribution is -2.51. The number of likely N-dealkylation sites (tertiary alicyclic amines) is 2. The molecule has 0 radical (unpaired) electrons. The molecule has 0 saturated carbocycles. The highest BCUT2D eigenvalue weighted by atomic mass is 15.2. The molecule has 68 heavy (non-hydrogen) atoms. The normalized spacial score (nSPS) is 29.2. The predicted molar refractivity (Wildman–Crippen MR) is 282 cm³/mol. The van der Waals surface area contributed by atoms with Gasteiger partial charge in [-0.3, -0.25) is 0 Å².